The maximum absolute atomic E-state index is 13.0. The Bertz CT molecular complexity index is 653. The highest BCUT2D eigenvalue weighted by Gasteiger charge is 2.53. The average Bonchev–Trinajstić information content (AvgIpc) is 2.59. The van der Waals surface area contributed by atoms with E-state index in [4.69, 9.17) is 0 Å². The van der Waals surface area contributed by atoms with Gasteiger partial charge in [-0.2, -0.15) is 4.31 Å². The Morgan fingerprint density at radius 3 is 2.38 bits per heavy atom. The largest absolute Gasteiger partial charge is 0.243 e. The summed E-state index contributed by atoms with van der Waals surface area (Å²) >= 11 is 2.20. The molecule has 1 aliphatic heterocycles. The van der Waals surface area contributed by atoms with Gasteiger partial charge in [0.1, 0.15) is 0 Å². The van der Waals surface area contributed by atoms with Gasteiger partial charge in [0.2, 0.25) is 10.0 Å². The summed E-state index contributed by atoms with van der Waals surface area (Å²) in [5.41, 5.74) is 0.358. The van der Waals surface area contributed by atoms with Crippen molar-refractivity contribution in [3.8, 4) is 0 Å². The van der Waals surface area contributed by atoms with E-state index in [0.717, 1.165) is 22.8 Å². The third kappa shape index (κ3) is 2.88. The van der Waals surface area contributed by atoms with E-state index in [1.165, 1.54) is 0 Å². The van der Waals surface area contributed by atoms with Crippen molar-refractivity contribution < 1.29 is 8.42 Å². The van der Waals surface area contributed by atoms with Gasteiger partial charge in [-0.05, 0) is 76.9 Å². The Labute approximate surface area is 141 Å². The molecule has 1 saturated carbocycles. The summed E-state index contributed by atoms with van der Waals surface area (Å²) in [6, 6.07) is 7.34. The van der Waals surface area contributed by atoms with Crippen molar-refractivity contribution in [2.45, 2.75) is 51.0 Å². The predicted molar refractivity (Wildman–Crippen MR) is 92.6 cm³/mol. The van der Waals surface area contributed by atoms with Crippen LogP contribution in [0.25, 0.3) is 0 Å². The van der Waals surface area contributed by atoms with Crippen molar-refractivity contribution in [1.29, 1.82) is 0 Å². The Hall–Kier alpha value is -0.140. The molecule has 1 saturated heterocycles. The molecule has 1 aliphatic carbocycles. The number of benzene rings is 1. The molecule has 116 valence electrons. The summed E-state index contributed by atoms with van der Waals surface area (Å²) in [6.45, 7) is 7.43. The summed E-state index contributed by atoms with van der Waals surface area (Å²) < 4.78 is 28.8. The Balaban J connectivity index is 1.96. The molecule has 0 amide bonds. The minimum Gasteiger partial charge on any atom is -0.207 e. The standard InChI is InChI=1S/C16H22INO2S/c1-15(2)8-13-9-16(3,10-15)11-18(13)21(19,20)14-6-4-12(17)5-7-14/h4-7,13H,8-11H2,1-3H3. The summed E-state index contributed by atoms with van der Waals surface area (Å²) in [6.07, 6.45) is 3.07. The summed E-state index contributed by atoms with van der Waals surface area (Å²) in [7, 11) is -3.37. The van der Waals surface area contributed by atoms with Crippen molar-refractivity contribution in [1.82, 2.24) is 4.31 Å². The van der Waals surface area contributed by atoms with Crippen LogP contribution in [0.15, 0.2) is 29.2 Å². The van der Waals surface area contributed by atoms with Gasteiger partial charge < -0.3 is 0 Å². The molecular formula is C16H22INO2S. The molecule has 3 rings (SSSR count). The fourth-order valence-electron chi connectivity index (χ4n) is 4.43. The van der Waals surface area contributed by atoms with E-state index in [9.17, 15) is 8.42 Å². The van der Waals surface area contributed by atoms with Gasteiger partial charge >= 0.3 is 0 Å². The Morgan fingerprint density at radius 1 is 1.14 bits per heavy atom. The number of rotatable bonds is 2. The molecule has 5 heteroatoms. The topological polar surface area (TPSA) is 37.4 Å². The second kappa shape index (κ2) is 4.93. The quantitative estimate of drug-likeness (QED) is 0.683. The molecular weight excluding hydrogens is 397 g/mol. The molecule has 1 aromatic carbocycles. The molecule has 1 aromatic rings. The average molecular weight is 419 g/mol. The number of halogens is 1. The summed E-state index contributed by atoms with van der Waals surface area (Å²) in [5.74, 6) is 0. The van der Waals surface area contributed by atoms with Gasteiger partial charge in [0.05, 0.1) is 4.90 Å². The molecule has 1 heterocycles. The minimum atomic E-state index is -3.37. The van der Waals surface area contributed by atoms with Crippen LogP contribution in [0, 0.1) is 14.4 Å². The Morgan fingerprint density at radius 2 is 1.76 bits per heavy atom. The summed E-state index contributed by atoms with van der Waals surface area (Å²) in [5, 5.41) is 0. The van der Waals surface area contributed by atoms with Gasteiger partial charge in [-0.1, -0.05) is 20.8 Å². The van der Waals surface area contributed by atoms with Gasteiger partial charge in [-0.3, -0.25) is 0 Å². The van der Waals surface area contributed by atoms with E-state index < -0.39 is 10.0 Å². The fraction of sp³-hybridized carbons (Fsp3) is 0.625. The molecule has 3 nitrogen and oxygen atoms in total. The van der Waals surface area contributed by atoms with Crippen molar-refractivity contribution >= 4 is 32.6 Å². The van der Waals surface area contributed by atoms with Crippen LogP contribution in [-0.4, -0.2) is 25.3 Å². The van der Waals surface area contributed by atoms with Crippen LogP contribution in [0.2, 0.25) is 0 Å². The predicted octanol–water partition coefficient (Wildman–Crippen LogP) is 3.88. The lowest BCUT2D eigenvalue weighted by atomic mass is 9.65. The second-order valence-electron chi connectivity index (χ2n) is 7.72. The Kier molecular flexibility index (Phi) is 3.69. The zero-order valence-corrected chi connectivity index (χ0v) is 15.7. The maximum Gasteiger partial charge on any atom is 0.243 e. The zero-order valence-electron chi connectivity index (χ0n) is 12.8. The van der Waals surface area contributed by atoms with Crippen LogP contribution in [0.1, 0.15) is 40.0 Å². The molecule has 0 N–H and O–H groups in total. The first-order valence-corrected chi connectivity index (χ1v) is 9.91. The highest BCUT2D eigenvalue weighted by atomic mass is 127. The molecule has 2 fully saturated rings. The third-order valence-electron chi connectivity index (χ3n) is 4.79. The van der Waals surface area contributed by atoms with E-state index in [1.807, 2.05) is 12.1 Å². The lowest BCUT2D eigenvalue weighted by Crippen LogP contribution is -2.37. The van der Waals surface area contributed by atoms with E-state index in [0.29, 0.717) is 11.4 Å². The molecule has 2 unspecified atom stereocenters. The zero-order chi connectivity index (χ0) is 15.5. The van der Waals surface area contributed by atoms with Gasteiger partial charge in [0, 0.05) is 16.2 Å². The molecule has 0 radical (unpaired) electrons. The lowest BCUT2D eigenvalue weighted by Gasteiger charge is -2.39. The normalized spacial score (nSPS) is 32.3. The van der Waals surface area contributed by atoms with E-state index >= 15 is 0 Å². The van der Waals surface area contributed by atoms with Gasteiger partial charge in [0.25, 0.3) is 0 Å². The van der Waals surface area contributed by atoms with Gasteiger partial charge in [-0.25, -0.2) is 8.42 Å². The van der Waals surface area contributed by atoms with E-state index in [1.54, 1.807) is 16.4 Å². The molecule has 21 heavy (non-hydrogen) atoms. The highest BCUT2D eigenvalue weighted by Crippen LogP contribution is 2.53. The third-order valence-corrected chi connectivity index (χ3v) is 7.42. The minimum absolute atomic E-state index is 0.128. The van der Waals surface area contributed by atoms with Crippen LogP contribution >= 0.6 is 22.6 Å². The van der Waals surface area contributed by atoms with Crippen LogP contribution in [0.5, 0.6) is 0 Å². The molecule has 2 aliphatic rings. The van der Waals surface area contributed by atoms with Crippen molar-refractivity contribution in [3.05, 3.63) is 27.8 Å². The van der Waals surface area contributed by atoms with Crippen LogP contribution < -0.4 is 0 Å². The smallest absolute Gasteiger partial charge is 0.207 e. The number of hydrogen-bond acceptors (Lipinski definition) is 2. The van der Waals surface area contributed by atoms with E-state index in [-0.39, 0.29) is 16.9 Å². The number of sulfonamides is 1. The molecule has 0 spiro atoms. The number of fused-ring (bicyclic) bond motifs is 2. The van der Waals surface area contributed by atoms with Gasteiger partial charge in [-0.15, -0.1) is 0 Å². The first-order valence-electron chi connectivity index (χ1n) is 7.39. The second-order valence-corrected chi connectivity index (χ2v) is 10.9. The lowest BCUT2D eigenvalue weighted by molar-refractivity contribution is 0.133. The first kappa shape index (κ1) is 15.7. The highest BCUT2D eigenvalue weighted by molar-refractivity contribution is 14.1. The van der Waals surface area contributed by atoms with Crippen molar-refractivity contribution in [2.75, 3.05) is 6.54 Å². The molecule has 0 aromatic heterocycles. The SMILES string of the molecule is CC1(C)CC2CC(C)(CN2S(=O)(=O)c2ccc(I)cc2)C1. The first-order chi connectivity index (χ1) is 9.61. The molecule has 2 atom stereocenters. The van der Waals surface area contributed by atoms with Crippen LogP contribution in [0.4, 0.5) is 0 Å². The van der Waals surface area contributed by atoms with E-state index in [2.05, 4.69) is 43.4 Å². The number of nitrogens with zero attached hydrogens (tertiary/aromatic N) is 1. The van der Waals surface area contributed by atoms with Crippen LogP contribution in [0.3, 0.4) is 0 Å². The monoisotopic (exact) mass is 419 g/mol. The molecule has 2 bridgehead atoms. The van der Waals surface area contributed by atoms with Crippen LogP contribution in [-0.2, 0) is 10.0 Å². The van der Waals surface area contributed by atoms with Gasteiger partial charge in [0.15, 0.2) is 0 Å². The fourth-order valence-corrected chi connectivity index (χ4v) is 6.56. The number of hydrogen-bond donors (Lipinski definition) is 0. The maximum atomic E-state index is 13.0. The van der Waals surface area contributed by atoms with Crippen molar-refractivity contribution in [3.63, 3.8) is 0 Å². The van der Waals surface area contributed by atoms with Crippen molar-refractivity contribution in [2.24, 2.45) is 10.8 Å². The summed E-state index contributed by atoms with van der Waals surface area (Å²) in [4.78, 5) is 0.428.